The van der Waals surface area contributed by atoms with Gasteiger partial charge in [0.15, 0.2) is 0 Å². The molecule has 2 aromatic carbocycles. The summed E-state index contributed by atoms with van der Waals surface area (Å²) in [6, 6.07) is 13.1. The summed E-state index contributed by atoms with van der Waals surface area (Å²) >= 11 is 0. The van der Waals surface area contributed by atoms with Gasteiger partial charge < -0.3 is 10.1 Å². The molecule has 0 fully saturated rings. The molecular weight excluding hydrogens is 253 g/mol. The Morgan fingerprint density at radius 1 is 1.25 bits per heavy atom. The highest BCUT2D eigenvalue weighted by Gasteiger charge is 2.26. The van der Waals surface area contributed by atoms with Gasteiger partial charge in [-0.1, -0.05) is 24.3 Å². The smallest absolute Gasteiger partial charge is 0.124 e. The molecule has 0 aromatic heterocycles. The normalized spacial score (nSPS) is 16.4. The van der Waals surface area contributed by atoms with E-state index >= 15 is 0 Å². The predicted molar refractivity (Wildman–Crippen MR) is 77.5 cm³/mol. The Kier molecular flexibility index (Phi) is 3.70. The highest BCUT2D eigenvalue weighted by atomic mass is 19.1. The van der Waals surface area contributed by atoms with Gasteiger partial charge in [-0.25, -0.2) is 4.39 Å². The minimum atomic E-state index is -0.225. The van der Waals surface area contributed by atoms with E-state index < -0.39 is 0 Å². The van der Waals surface area contributed by atoms with Crippen LogP contribution in [0.2, 0.25) is 0 Å². The summed E-state index contributed by atoms with van der Waals surface area (Å²) in [7, 11) is 1.84. The lowest BCUT2D eigenvalue weighted by Crippen LogP contribution is -2.23. The van der Waals surface area contributed by atoms with Crippen molar-refractivity contribution in [3.05, 3.63) is 65.0 Å². The molecule has 0 radical (unpaired) electrons. The third-order valence-electron chi connectivity index (χ3n) is 3.79. The summed E-state index contributed by atoms with van der Waals surface area (Å²) in [6.07, 6.45) is 1.07. The van der Waals surface area contributed by atoms with Gasteiger partial charge in [0.1, 0.15) is 11.6 Å². The monoisotopic (exact) mass is 271 g/mol. The van der Waals surface area contributed by atoms with Crippen LogP contribution in [0, 0.1) is 5.82 Å². The fourth-order valence-electron chi connectivity index (χ4n) is 2.72. The van der Waals surface area contributed by atoms with E-state index in [-0.39, 0.29) is 5.82 Å². The molecule has 20 heavy (non-hydrogen) atoms. The van der Waals surface area contributed by atoms with Crippen molar-refractivity contribution in [1.29, 1.82) is 0 Å². The van der Waals surface area contributed by atoms with Gasteiger partial charge in [-0.05, 0) is 42.8 Å². The molecule has 1 atom stereocenters. The first-order valence-corrected chi connectivity index (χ1v) is 6.91. The molecule has 0 spiro atoms. The number of ether oxygens (including phenoxy) is 1. The van der Waals surface area contributed by atoms with Crippen molar-refractivity contribution in [2.75, 3.05) is 13.7 Å². The van der Waals surface area contributed by atoms with Gasteiger partial charge in [0.2, 0.25) is 0 Å². The summed E-state index contributed by atoms with van der Waals surface area (Å²) in [5.41, 5.74) is 3.65. The van der Waals surface area contributed by atoms with Crippen LogP contribution >= 0.6 is 0 Å². The van der Waals surface area contributed by atoms with E-state index in [9.17, 15) is 4.39 Å². The van der Waals surface area contributed by atoms with Gasteiger partial charge in [-0.2, -0.15) is 0 Å². The van der Waals surface area contributed by atoms with E-state index in [0.29, 0.717) is 19.1 Å². The molecule has 0 heterocycles. The summed E-state index contributed by atoms with van der Waals surface area (Å²) in [6.45, 7) is 1.26. The minimum Gasteiger partial charge on any atom is -0.493 e. The van der Waals surface area contributed by atoms with Crippen LogP contribution in [0.15, 0.2) is 42.5 Å². The summed E-state index contributed by atoms with van der Waals surface area (Å²) in [5, 5.41) is 3.04. The number of fused-ring (bicyclic) bond motifs is 1. The first-order chi connectivity index (χ1) is 9.78. The molecule has 1 aliphatic carbocycles. The average molecular weight is 271 g/mol. The SMILES string of the molecule is CNCc1cc(F)ccc1OCC1Cc2ccccc21. The second-order valence-corrected chi connectivity index (χ2v) is 5.19. The lowest BCUT2D eigenvalue weighted by molar-refractivity contribution is 0.272. The molecule has 0 amide bonds. The van der Waals surface area contributed by atoms with E-state index in [2.05, 4.69) is 29.6 Å². The molecule has 104 valence electrons. The Labute approximate surface area is 118 Å². The first kappa shape index (κ1) is 13.1. The fraction of sp³-hybridized carbons (Fsp3) is 0.294. The van der Waals surface area contributed by atoms with Crippen LogP contribution in [0.5, 0.6) is 5.75 Å². The van der Waals surface area contributed by atoms with Gasteiger partial charge in [-0.3, -0.25) is 0 Å². The third kappa shape index (κ3) is 2.54. The quantitative estimate of drug-likeness (QED) is 0.901. The van der Waals surface area contributed by atoms with Gasteiger partial charge in [0.05, 0.1) is 6.61 Å². The van der Waals surface area contributed by atoms with Crippen molar-refractivity contribution in [3.63, 3.8) is 0 Å². The van der Waals surface area contributed by atoms with Crippen LogP contribution in [-0.2, 0) is 13.0 Å². The first-order valence-electron chi connectivity index (χ1n) is 6.91. The van der Waals surface area contributed by atoms with Crippen molar-refractivity contribution in [2.24, 2.45) is 0 Å². The van der Waals surface area contributed by atoms with Crippen molar-refractivity contribution >= 4 is 0 Å². The van der Waals surface area contributed by atoms with E-state index in [1.807, 2.05) is 7.05 Å². The Morgan fingerprint density at radius 2 is 2.10 bits per heavy atom. The van der Waals surface area contributed by atoms with Crippen LogP contribution in [0.1, 0.15) is 22.6 Å². The molecule has 0 saturated carbocycles. The van der Waals surface area contributed by atoms with Gasteiger partial charge in [0.25, 0.3) is 0 Å². The minimum absolute atomic E-state index is 0.225. The second kappa shape index (κ2) is 5.63. The van der Waals surface area contributed by atoms with Crippen LogP contribution < -0.4 is 10.1 Å². The molecule has 1 unspecified atom stereocenters. The second-order valence-electron chi connectivity index (χ2n) is 5.19. The molecule has 0 saturated heterocycles. The highest BCUT2D eigenvalue weighted by molar-refractivity contribution is 5.40. The molecule has 0 bridgehead atoms. The topological polar surface area (TPSA) is 21.3 Å². The fourth-order valence-corrected chi connectivity index (χ4v) is 2.72. The molecular formula is C17H18FNO. The highest BCUT2D eigenvalue weighted by Crippen LogP contribution is 2.35. The standard InChI is InChI=1S/C17H18FNO/c1-19-10-13-9-15(18)6-7-17(13)20-11-14-8-12-4-2-3-5-16(12)14/h2-7,9,14,19H,8,10-11H2,1H3. The maximum atomic E-state index is 13.3. The van der Waals surface area contributed by atoms with E-state index in [1.54, 1.807) is 6.07 Å². The summed E-state index contributed by atoms with van der Waals surface area (Å²) < 4.78 is 19.2. The zero-order chi connectivity index (χ0) is 13.9. The van der Waals surface area contributed by atoms with Crippen molar-refractivity contribution in [1.82, 2.24) is 5.32 Å². The molecule has 1 aliphatic rings. The Balaban J connectivity index is 1.68. The number of rotatable bonds is 5. The van der Waals surface area contributed by atoms with E-state index in [0.717, 1.165) is 17.7 Å². The van der Waals surface area contributed by atoms with Gasteiger partial charge >= 0.3 is 0 Å². The van der Waals surface area contributed by atoms with Crippen molar-refractivity contribution in [3.8, 4) is 5.75 Å². The van der Waals surface area contributed by atoms with Crippen LogP contribution in [0.25, 0.3) is 0 Å². The molecule has 1 N–H and O–H groups in total. The predicted octanol–water partition coefficient (Wildman–Crippen LogP) is 3.26. The number of hydrogen-bond acceptors (Lipinski definition) is 2. The number of hydrogen-bond donors (Lipinski definition) is 1. The van der Waals surface area contributed by atoms with Gasteiger partial charge in [0, 0.05) is 18.0 Å². The molecule has 2 aromatic rings. The van der Waals surface area contributed by atoms with Crippen LogP contribution in [0.3, 0.4) is 0 Å². The summed E-state index contributed by atoms with van der Waals surface area (Å²) in [4.78, 5) is 0. The van der Waals surface area contributed by atoms with Gasteiger partial charge in [-0.15, -0.1) is 0 Å². The maximum absolute atomic E-state index is 13.3. The lowest BCUT2D eigenvalue weighted by Gasteiger charge is -2.30. The number of benzene rings is 2. The average Bonchev–Trinajstić information content (AvgIpc) is 2.42. The van der Waals surface area contributed by atoms with Crippen molar-refractivity contribution < 1.29 is 9.13 Å². The Hall–Kier alpha value is -1.87. The Bertz CT molecular complexity index is 612. The van der Waals surface area contributed by atoms with Crippen molar-refractivity contribution in [2.45, 2.75) is 18.9 Å². The zero-order valence-electron chi connectivity index (χ0n) is 11.5. The van der Waals surface area contributed by atoms with E-state index in [4.69, 9.17) is 4.74 Å². The maximum Gasteiger partial charge on any atom is 0.124 e. The number of nitrogens with one attached hydrogen (secondary N) is 1. The Morgan fingerprint density at radius 3 is 2.90 bits per heavy atom. The molecule has 3 heteroatoms. The summed E-state index contributed by atoms with van der Waals surface area (Å²) in [5.74, 6) is 1.00. The molecule has 3 rings (SSSR count). The molecule has 0 aliphatic heterocycles. The zero-order valence-corrected chi connectivity index (χ0v) is 11.5. The van der Waals surface area contributed by atoms with Crippen LogP contribution in [0.4, 0.5) is 4.39 Å². The number of halogens is 1. The third-order valence-corrected chi connectivity index (χ3v) is 3.79. The molecule has 2 nitrogen and oxygen atoms in total. The largest absolute Gasteiger partial charge is 0.493 e. The van der Waals surface area contributed by atoms with E-state index in [1.165, 1.54) is 23.3 Å². The van der Waals surface area contributed by atoms with Crippen LogP contribution in [-0.4, -0.2) is 13.7 Å². The lowest BCUT2D eigenvalue weighted by atomic mass is 9.78.